The van der Waals surface area contributed by atoms with Gasteiger partial charge in [-0.15, -0.1) is 0 Å². The predicted molar refractivity (Wildman–Crippen MR) is 169 cm³/mol. The molecule has 11 heteroatoms. The standard InChI is InChI=1S/C34H40N4O7/c1-36(2)23-15-20(18-9-7-17(8-10-18)16-38-11-5-6-12-38)28(39)25-21(23)13-19-14-22-27(37(3)4)30(41)26(33(35)44)32(43)34(22,45)31(42)24(19)29(25)40/h7-10,15,19,22,27,39-40,43,45H,5-6,11-14,16H2,1-4H3,(H2,35,44)/t19-,22+,27-,34+/m1/s1. The first-order valence-corrected chi connectivity index (χ1v) is 15.3. The minimum absolute atomic E-state index is 0.0413. The highest BCUT2D eigenvalue weighted by Crippen LogP contribution is 2.55. The average molecular weight is 617 g/mol. The van der Waals surface area contributed by atoms with E-state index in [2.05, 4.69) is 4.90 Å². The largest absolute Gasteiger partial charge is 0.508 e. The molecule has 6 N–H and O–H groups in total. The molecule has 1 saturated heterocycles. The zero-order valence-corrected chi connectivity index (χ0v) is 26.0. The molecule has 4 aliphatic rings. The number of anilines is 1. The van der Waals surface area contributed by atoms with Crippen LogP contribution in [0.5, 0.6) is 5.75 Å². The lowest BCUT2D eigenvalue weighted by Gasteiger charge is -2.50. The summed E-state index contributed by atoms with van der Waals surface area (Å²) in [5, 5.41) is 46.5. The summed E-state index contributed by atoms with van der Waals surface area (Å²) in [6, 6.07) is 8.63. The van der Waals surface area contributed by atoms with Crippen LogP contribution in [0.15, 0.2) is 47.2 Å². The van der Waals surface area contributed by atoms with E-state index in [9.17, 15) is 34.8 Å². The normalized spacial score (nSPS) is 26.7. The minimum atomic E-state index is -2.67. The number of likely N-dealkylation sites (tertiary alicyclic amines) is 1. The summed E-state index contributed by atoms with van der Waals surface area (Å²) in [5.74, 6) is -6.63. The zero-order valence-electron chi connectivity index (χ0n) is 26.0. The number of benzene rings is 2. The van der Waals surface area contributed by atoms with Gasteiger partial charge in [-0.25, -0.2) is 0 Å². The Morgan fingerprint density at radius 3 is 2.27 bits per heavy atom. The number of phenolic OH excluding ortho intramolecular Hbond substituents is 1. The fourth-order valence-electron chi connectivity index (χ4n) is 7.90. The van der Waals surface area contributed by atoms with Crippen LogP contribution in [0.3, 0.4) is 0 Å². The van der Waals surface area contributed by atoms with Crippen molar-refractivity contribution in [3.05, 3.63) is 63.9 Å². The molecule has 2 aromatic carbocycles. The first kappa shape index (κ1) is 30.8. The number of fused-ring (bicyclic) bond motifs is 3. The second-order valence-corrected chi connectivity index (χ2v) is 13.2. The Hall–Kier alpha value is -4.19. The van der Waals surface area contributed by atoms with E-state index in [4.69, 9.17) is 5.73 Å². The van der Waals surface area contributed by atoms with Crippen LogP contribution in [0.25, 0.3) is 16.9 Å². The van der Waals surface area contributed by atoms with E-state index >= 15 is 0 Å². The van der Waals surface area contributed by atoms with Gasteiger partial charge in [0, 0.05) is 43.4 Å². The monoisotopic (exact) mass is 616 g/mol. The number of amides is 1. The Kier molecular flexibility index (Phi) is 7.54. The van der Waals surface area contributed by atoms with Crippen LogP contribution in [0.4, 0.5) is 5.69 Å². The van der Waals surface area contributed by atoms with Gasteiger partial charge >= 0.3 is 0 Å². The third-order valence-corrected chi connectivity index (χ3v) is 10.0. The number of nitrogens with zero attached hydrogens (tertiary/aromatic N) is 3. The van der Waals surface area contributed by atoms with Crippen molar-refractivity contribution in [2.75, 3.05) is 46.2 Å². The number of aromatic hydroxyl groups is 1. The van der Waals surface area contributed by atoms with Gasteiger partial charge in [0.2, 0.25) is 5.78 Å². The highest BCUT2D eigenvalue weighted by Gasteiger charge is 2.64. The molecule has 0 bridgehead atoms. The summed E-state index contributed by atoms with van der Waals surface area (Å²) >= 11 is 0. The molecule has 238 valence electrons. The van der Waals surface area contributed by atoms with Gasteiger partial charge in [-0.3, -0.25) is 24.2 Å². The molecule has 0 radical (unpaired) electrons. The maximum absolute atomic E-state index is 14.2. The molecule has 4 atom stereocenters. The fourth-order valence-corrected chi connectivity index (χ4v) is 7.90. The first-order chi connectivity index (χ1) is 21.3. The third-order valence-electron chi connectivity index (χ3n) is 10.0. The molecule has 6 rings (SSSR count). The number of hydrogen-bond donors (Lipinski definition) is 5. The molecule has 1 heterocycles. The highest BCUT2D eigenvalue weighted by atomic mass is 16.3. The summed E-state index contributed by atoms with van der Waals surface area (Å²) < 4.78 is 0. The number of Topliss-reactive ketones (excluding diaryl/α,β-unsaturated/α-hetero) is 2. The van der Waals surface area contributed by atoms with E-state index in [-0.39, 0.29) is 29.7 Å². The van der Waals surface area contributed by atoms with Gasteiger partial charge < -0.3 is 31.1 Å². The molecule has 0 spiro atoms. The number of nitrogens with two attached hydrogens (primary N) is 1. The van der Waals surface area contributed by atoms with E-state index in [1.54, 1.807) is 14.1 Å². The maximum atomic E-state index is 14.2. The summed E-state index contributed by atoms with van der Waals surface area (Å²) in [5.41, 5.74) is 5.53. The number of primary amides is 1. The molecule has 1 aliphatic heterocycles. The molecule has 45 heavy (non-hydrogen) atoms. The Labute approximate surface area is 261 Å². The van der Waals surface area contributed by atoms with E-state index in [0.717, 1.165) is 36.4 Å². The van der Waals surface area contributed by atoms with Crippen molar-refractivity contribution in [3.63, 3.8) is 0 Å². The van der Waals surface area contributed by atoms with Crippen LogP contribution in [0.1, 0.15) is 36.0 Å². The number of carbonyl (C=O) groups excluding carboxylic acids is 3. The molecule has 11 nitrogen and oxygen atoms in total. The number of hydrogen-bond acceptors (Lipinski definition) is 10. The Morgan fingerprint density at radius 2 is 1.69 bits per heavy atom. The maximum Gasteiger partial charge on any atom is 0.255 e. The lowest BCUT2D eigenvalue weighted by molar-refractivity contribution is -0.153. The van der Waals surface area contributed by atoms with Crippen LogP contribution in [0, 0.1) is 11.8 Å². The van der Waals surface area contributed by atoms with Crippen molar-refractivity contribution >= 4 is 28.9 Å². The third kappa shape index (κ3) is 4.63. The van der Waals surface area contributed by atoms with Crippen LogP contribution < -0.4 is 10.6 Å². The van der Waals surface area contributed by atoms with Crippen LogP contribution in [-0.2, 0) is 27.3 Å². The Morgan fingerprint density at radius 1 is 1.04 bits per heavy atom. The van der Waals surface area contributed by atoms with Gasteiger partial charge in [0.05, 0.1) is 11.6 Å². The number of aliphatic hydroxyl groups excluding tert-OH is 2. The lowest BCUT2D eigenvalue weighted by Crippen LogP contribution is -2.65. The summed E-state index contributed by atoms with van der Waals surface area (Å²) in [6.07, 6.45) is 2.67. The second kappa shape index (κ2) is 11.0. The van der Waals surface area contributed by atoms with E-state index in [0.29, 0.717) is 11.1 Å². The van der Waals surface area contributed by atoms with Gasteiger partial charge in [-0.05, 0) is 81.5 Å². The van der Waals surface area contributed by atoms with Gasteiger partial charge in [0.15, 0.2) is 11.4 Å². The number of likely N-dealkylation sites (N-methyl/N-ethyl adjacent to an activating group) is 1. The smallest absolute Gasteiger partial charge is 0.255 e. The van der Waals surface area contributed by atoms with Crippen LogP contribution in [-0.4, -0.2) is 101 Å². The second-order valence-electron chi connectivity index (χ2n) is 13.2. The SMILES string of the molecule is CN(C)c1cc(-c2ccc(CN3CCCC3)cc2)c(O)c2c1C[C@@H]1C[C@H]3[C@@H](N(C)C)C(=O)C(C(N)=O)=C(O)[C@@]3(O)C(=O)C1=C2O. The van der Waals surface area contributed by atoms with Gasteiger partial charge in [-0.2, -0.15) is 0 Å². The molecule has 3 aliphatic carbocycles. The summed E-state index contributed by atoms with van der Waals surface area (Å²) in [6.45, 7) is 3.00. The van der Waals surface area contributed by atoms with Crippen molar-refractivity contribution in [2.24, 2.45) is 17.6 Å². The van der Waals surface area contributed by atoms with E-state index in [1.165, 1.54) is 17.7 Å². The molecule has 2 aromatic rings. The van der Waals surface area contributed by atoms with Crippen molar-refractivity contribution in [3.8, 4) is 16.9 Å². The quantitative estimate of drug-likeness (QED) is 0.304. The van der Waals surface area contributed by atoms with Crippen LogP contribution >= 0.6 is 0 Å². The summed E-state index contributed by atoms with van der Waals surface area (Å²) in [7, 11) is 6.87. The topological polar surface area (TPSA) is 168 Å². The molecule has 0 unspecified atom stereocenters. The molecule has 1 saturated carbocycles. The minimum Gasteiger partial charge on any atom is -0.508 e. The van der Waals surface area contributed by atoms with Crippen molar-refractivity contribution < 1.29 is 34.8 Å². The van der Waals surface area contributed by atoms with E-state index in [1.807, 2.05) is 49.3 Å². The molecular formula is C34H40N4O7. The van der Waals surface area contributed by atoms with E-state index < -0.39 is 58.0 Å². The lowest BCUT2D eigenvalue weighted by atomic mass is 9.57. The zero-order chi connectivity index (χ0) is 32.5. The molecule has 1 amide bonds. The number of ketones is 2. The van der Waals surface area contributed by atoms with Gasteiger partial charge in [0.1, 0.15) is 22.8 Å². The van der Waals surface area contributed by atoms with Crippen molar-refractivity contribution in [2.45, 2.75) is 43.9 Å². The Bertz CT molecular complexity index is 1670. The number of rotatable bonds is 6. The number of aliphatic hydroxyl groups is 3. The Balaban J connectivity index is 1.48. The van der Waals surface area contributed by atoms with Gasteiger partial charge in [0.25, 0.3) is 5.91 Å². The predicted octanol–water partition coefficient (Wildman–Crippen LogP) is 2.29. The van der Waals surface area contributed by atoms with Crippen molar-refractivity contribution in [1.82, 2.24) is 9.80 Å². The molecular weight excluding hydrogens is 576 g/mol. The highest BCUT2D eigenvalue weighted by molar-refractivity contribution is 6.24. The number of phenols is 1. The molecule has 0 aromatic heterocycles. The summed E-state index contributed by atoms with van der Waals surface area (Å²) in [4.78, 5) is 45.6. The number of carbonyl (C=O) groups is 3. The molecule has 2 fully saturated rings. The fraction of sp³-hybridized carbons (Fsp3) is 0.441. The van der Waals surface area contributed by atoms with Crippen molar-refractivity contribution in [1.29, 1.82) is 0 Å². The van der Waals surface area contributed by atoms with Gasteiger partial charge in [-0.1, -0.05) is 24.3 Å². The first-order valence-electron chi connectivity index (χ1n) is 15.3. The van der Waals surface area contributed by atoms with Crippen LogP contribution in [0.2, 0.25) is 0 Å². The average Bonchev–Trinajstić information content (AvgIpc) is 3.48.